The van der Waals surface area contributed by atoms with Crippen molar-refractivity contribution in [3.63, 3.8) is 0 Å². The first-order valence-corrected chi connectivity index (χ1v) is 9.02. The topological polar surface area (TPSA) is 62.3 Å². The van der Waals surface area contributed by atoms with Gasteiger partial charge < -0.3 is 10.2 Å². The summed E-state index contributed by atoms with van der Waals surface area (Å²) in [5.74, 6) is -6.19. The van der Waals surface area contributed by atoms with Crippen molar-refractivity contribution in [1.29, 1.82) is 0 Å². The lowest BCUT2D eigenvalue weighted by Crippen LogP contribution is -2.39. The second-order valence-corrected chi connectivity index (χ2v) is 6.74. The van der Waals surface area contributed by atoms with E-state index in [0.717, 1.165) is 17.2 Å². The van der Waals surface area contributed by atoms with Gasteiger partial charge in [0.2, 0.25) is 5.91 Å². The van der Waals surface area contributed by atoms with E-state index >= 15 is 0 Å². The highest BCUT2D eigenvalue weighted by Crippen LogP contribution is 2.31. The van der Waals surface area contributed by atoms with Crippen LogP contribution in [0.15, 0.2) is 18.3 Å². The fourth-order valence-corrected chi connectivity index (χ4v) is 2.81. The zero-order valence-corrected chi connectivity index (χ0v) is 16.6. The van der Waals surface area contributed by atoms with Crippen molar-refractivity contribution >= 4 is 52.3 Å². The van der Waals surface area contributed by atoms with Crippen LogP contribution < -0.4 is 5.32 Å². The Morgan fingerprint density at radius 3 is 2.43 bits per heavy atom. The Kier molecular flexibility index (Phi) is 7.51. The summed E-state index contributed by atoms with van der Waals surface area (Å²) in [6.45, 7) is 1.39. The monoisotopic (exact) mass is 453 g/mol. The summed E-state index contributed by atoms with van der Waals surface area (Å²) < 4.78 is 40.0. The Balaban J connectivity index is 2.21. The highest BCUT2D eigenvalue weighted by molar-refractivity contribution is 6.48. The SMILES string of the molecule is CCCN(CC(=O)Nc1ccc(F)c(F)c1F)C(=O)c1ncc(Cl)c(Cl)c1Cl. The lowest BCUT2D eigenvalue weighted by Gasteiger charge is -2.22. The van der Waals surface area contributed by atoms with Gasteiger partial charge in [-0.1, -0.05) is 41.7 Å². The van der Waals surface area contributed by atoms with Crippen molar-refractivity contribution in [2.75, 3.05) is 18.4 Å². The number of halogens is 6. The summed E-state index contributed by atoms with van der Waals surface area (Å²) in [5, 5.41) is 1.91. The number of amides is 2. The maximum absolute atomic E-state index is 13.7. The number of nitrogens with one attached hydrogen (secondary N) is 1. The fraction of sp³-hybridized carbons (Fsp3) is 0.235. The van der Waals surface area contributed by atoms with Crippen molar-refractivity contribution in [2.24, 2.45) is 0 Å². The van der Waals surface area contributed by atoms with Gasteiger partial charge in [-0.05, 0) is 18.6 Å². The molecule has 2 amide bonds. The number of carbonyl (C=O) groups excluding carboxylic acids is 2. The quantitative estimate of drug-likeness (QED) is 0.628. The molecule has 0 aliphatic heterocycles. The maximum Gasteiger partial charge on any atom is 0.274 e. The van der Waals surface area contributed by atoms with Gasteiger partial charge in [0.25, 0.3) is 5.91 Å². The Morgan fingerprint density at radius 2 is 1.79 bits per heavy atom. The van der Waals surface area contributed by atoms with Gasteiger partial charge >= 0.3 is 0 Å². The Morgan fingerprint density at radius 1 is 1.11 bits per heavy atom. The van der Waals surface area contributed by atoms with Crippen LogP contribution in [0.3, 0.4) is 0 Å². The smallest absolute Gasteiger partial charge is 0.274 e. The standard InChI is InChI=1S/C17H13Cl3F3N3O2/c1-2-5-26(17(28)16-13(20)12(19)8(18)6-24-16)7-11(27)25-10-4-3-9(21)14(22)15(10)23/h3-4,6H,2,5,7H2,1H3,(H,25,27). The molecule has 1 N–H and O–H groups in total. The van der Waals surface area contributed by atoms with Crippen LogP contribution in [0.1, 0.15) is 23.8 Å². The van der Waals surface area contributed by atoms with Crippen LogP contribution in [0.4, 0.5) is 18.9 Å². The predicted octanol–water partition coefficient (Wildman–Crippen LogP) is 4.95. The molecule has 2 rings (SSSR count). The molecule has 0 fully saturated rings. The molecule has 1 aromatic heterocycles. The molecule has 11 heteroatoms. The summed E-state index contributed by atoms with van der Waals surface area (Å²) >= 11 is 17.7. The zero-order chi connectivity index (χ0) is 21.0. The van der Waals surface area contributed by atoms with Gasteiger partial charge in [-0.2, -0.15) is 0 Å². The lowest BCUT2D eigenvalue weighted by molar-refractivity contribution is -0.116. The van der Waals surface area contributed by atoms with Crippen LogP contribution >= 0.6 is 34.8 Å². The van der Waals surface area contributed by atoms with E-state index in [1.165, 1.54) is 0 Å². The average molecular weight is 455 g/mol. The summed E-state index contributed by atoms with van der Waals surface area (Å²) in [6, 6.07) is 1.54. The number of pyridine rings is 1. The molecule has 0 spiro atoms. The molecule has 2 aromatic rings. The highest BCUT2D eigenvalue weighted by Gasteiger charge is 2.24. The normalized spacial score (nSPS) is 10.7. The number of rotatable bonds is 6. The van der Waals surface area contributed by atoms with Crippen LogP contribution in [-0.2, 0) is 4.79 Å². The zero-order valence-electron chi connectivity index (χ0n) is 14.3. The minimum Gasteiger partial charge on any atom is -0.328 e. The van der Waals surface area contributed by atoms with Crippen LogP contribution in [0.25, 0.3) is 0 Å². The number of nitrogens with zero attached hydrogens (tertiary/aromatic N) is 2. The van der Waals surface area contributed by atoms with E-state index < -0.39 is 41.5 Å². The van der Waals surface area contributed by atoms with Gasteiger partial charge in [0, 0.05) is 12.7 Å². The van der Waals surface area contributed by atoms with E-state index in [4.69, 9.17) is 34.8 Å². The number of hydrogen-bond acceptors (Lipinski definition) is 3. The molecule has 1 heterocycles. The minimum absolute atomic E-state index is 0.0526. The van der Waals surface area contributed by atoms with Gasteiger partial charge in [0.05, 0.1) is 20.8 Å². The number of carbonyl (C=O) groups is 2. The molecule has 0 bridgehead atoms. The first-order chi connectivity index (χ1) is 13.2. The molecule has 5 nitrogen and oxygen atoms in total. The number of anilines is 1. The summed E-state index contributed by atoms with van der Waals surface area (Å²) in [7, 11) is 0. The second kappa shape index (κ2) is 9.45. The van der Waals surface area contributed by atoms with Crippen LogP contribution in [0, 0.1) is 17.5 Å². The Bertz CT molecular complexity index is 928. The van der Waals surface area contributed by atoms with E-state index in [9.17, 15) is 22.8 Å². The number of aromatic nitrogens is 1. The molecular formula is C17H13Cl3F3N3O2. The molecule has 1 aromatic carbocycles. The van der Waals surface area contributed by atoms with Crippen molar-refractivity contribution in [3.8, 4) is 0 Å². The molecule has 150 valence electrons. The van der Waals surface area contributed by atoms with Crippen molar-refractivity contribution in [2.45, 2.75) is 13.3 Å². The maximum atomic E-state index is 13.7. The fourth-order valence-electron chi connectivity index (χ4n) is 2.25. The van der Waals surface area contributed by atoms with E-state index in [1.54, 1.807) is 6.92 Å². The van der Waals surface area contributed by atoms with Crippen molar-refractivity contribution in [3.05, 3.63) is 56.5 Å². The molecular weight excluding hydrogens is 442 g/mol. The number of benzene rings is 1. The molecule has 0 saturated carbocycles. The van der Waals surface area contributed by atoms with Crippen LogP contribution in [0.5, 0.6) is 0 Å². The molecule has 0 aliphatic carbocycles. The van der Waals surface area contributed by atoms with Crippen molar-refractivity contribution < 1.29 is 22.8 Å². The molecule has 0 aliphatic rings. The van der Waals surface area contributed by atoms with Crippen molar-refractivity contribution in [1.82, 2.24) is 9.88 Å². The molecule has 28 heavy (non-hydrogen) atoms. The first kappa shape index (κ1) is 22.3. The summed E-state index contributed by atoms with van der Waals surface area (Å²) in [5.41, 5.74) is -0.769. The van der Waals surface area contributed by atoms with Gasteiger partial charge in [0.15, 0.2) is 17.5 Å². The van der Waals surface area contributed by atoms with Crippen LogP contribution in [0.2, 0.25) is 15.1 Å². The lowest BCUT2D eigenvalue weighted by atomic mass is 10.2. The third-order valence-electron chi connectivity index (χ3n) is 3.54. The van der Waals surface area contributed by atoms with E-state index in [0.29, 0.717) is 12.5 Å². The Labute approximate surface area is 173 Å². The first-order valence-electron chi connectivity index (χ1n) is 7.89. The third kappa shape index (κ3) is 4.87. The van der Waals surface area contributed by atoms with Crippen LogP contribution in [-0.4, -0.2) is 34.8 Å². The minimum atomic E-state index is -1.72. The third-order valence-corrected chi connectivity index (χ3v) is 4.78. The Hall–Kier alpha value is -2.03. The van der Waals surface area contributed by atoms with Gasteiger partial charge in [-0.25, -0.2) is 18.2 Å². The van der Waals surface area contributed by atoms with Gasteiger partial charge in [0.1, 0.15) is 12.2 Å². The van der Waals surface area contributed by atoms with E-state index in [2.05, 4.69) is 10.3 Å². The predicted molar refractivity (Wildman–Crippen MR) is 100 cm³/mol. The summed E-state index contributed by atoms with van der Waals surface area (Å²) in [4.78, 5) is 29.8. The highest BCUT2D eigenvalue weighted by atomic mass is 35.5. The molecule has 0 unspecified atom stereocenters. The number of hydrogen-bond donors (Lipinski definition) is 1. The molecule has 0 radical (unpaired) electrons. The average Bonchev–Trinajstić information content (AvgIpc) is 2.66. The molecule has 0 atom stereocenters. The largest absolute Gasteiger partial charge is 0.328 e. The van der Waals surface area contributed by atoms with Gasteiger partial charge in [-0.15, -0.1) is 0 Å². The van der Waals surface area contributed by atoms with Gasteiger partial charge in [-0.3, -0.25) is 9.59 Å². The van der Waals surface area contributed by atoms with E-state index in [-0.39, 0.29) is 27.3 Å². The molecule has 0 saturated heterocycles. The summed E-state index contributed by atoms with van der Waals surface area (Å²) in [6.07, 6.45) is 1.63. The van der Waals surface area contributed by atoms with E-state index in [1.807, 2.05) is 0 Å². The second-order valence-electron chi connectivity index (χ2n) is 5.58.